The van der Waals surface area contributed by atoms with Gasteiger partial charge in [-0.3, -0.25) is 0 Å². The van der Waals surface area contributed by atoms with Crippen molar-refractivity contribution in [2.45, 2.75) is 6.10 Å². The number of alkyl halides is 1. The topological polar surface area (TPSA) is 20.2 Å². The first-order valence-corrected chi connectivity index (χ1v) is 7.08. The second-order valence-electron chi connectivity index (χ2n) is 4.40. The van der Waals surface area contributed by atoms with Gasteiger partial charge in [0.1, 0.15) is 0 Å². The smallest absolute Gasteiger partial charge is 0.0898 e. The average Bonchev–Trinajstić information content (AvgIpc) is 2.44. The number of hydrogen-bond donors (Lipinski definition) is 1. The van der Waals surface area contributed by atoms with Gasteiger partial charge < -0.3 is 5.11 Å². The van der Waals surface area contributed by atoms with Crippen molar-refractivity contribution in [3.05, 3.63) is 60.2 Å². The van der Waals surface area contributed by atoms with Crippen molar-refractivity contribution < 1.29 is 5.11 Å². The second-order valence-corrected chi connectivity index (χ2v) is 5.05. The molecule has 18 heavy (non-hydrogen) atoms. The number of halogens is 1. The van der Waals surface area contributed by atoms with Crippen LogP contribution in [0.25, 0.3) is 21.5 Å². The van der Waals surface area contributed by atoms with Crippen LogP contribution in [0.1, 0.15) is 11.7 Å². The van der Waals surface area contributed by atoms with Crippen LogP contribution in [0.5, 0.6) is 0 Å². The van der Waals surface area contributed by atoms with Crippen molar-refractivity contribution in [3.63, 3.8) is 0 Å². The summed E-state index contributed by atoms with van der Waals surface area (Å²) in [5.74, 6) is 0. The molecule has 1 unspecified atom stereocenters. The zero-order valence-corrected chi connectivity index (χ0v) is 11.4. The van der Waals surface area contributed by atoms with Gasteiger partial charge in [0.05, 0.1) is 6.10 Å². The van der Waals surface area contributed by atoms with Gasteiger partial charge in [-0.15, -0.1) is 0 Å². The fourth-order valence-corrected chi connectivity index (χ4v) is 2.81. The lowest BCUT2D eigenvalue weighted by molar-refractivity contribution is 0.208. The van der Waals surface area contributed by atoms with Gasteiger partial charge in [-0.1, -0.05) is 64.5 Å². The van der Waals surface area contributed by atoms with Crippen LogP contribution >= 0.6 is 15.9 Å². The highest BCUT2D eigenvalue weighted by atomic mass is 79.9. The maximum Gasteiger partial charge on any atom is 0.0898 e. The van der Waals surface area contributed by atoms with Crippen LogP contribution in [0.3, 0.4) is 0 Å². The van der Waals surface area contributed by atoms with Gasteiger partial charge in [-0.2, -0.15) is 0 Å². The zero-order chi connectivity index (χ0) is 12.5. The Kier molecular flexibility index (Phi) is 3.06. The molecule has 0 saturated heterocycles. The number of aliphatic hydroxyl groups is 1. The number of benzene rings is 3. The number of hydrogen-bond acceptors (Lipinski definition) is 1. The average molecular weight is 301 g/mol. The summed E-state index contributed by atoms with van der Waals surface area (Å²) in [5, 5.41) is 15.4. The molecule has 1 N–H and O–H groups in total. The highest BCUT2D eigenvalue weighted by Gasteiger charge is 2.13. The minimum atomic E-state index is -0.485. The SMILES string of the molecule is OC(CBr)c1c2ccccc2cc2ccccc12. The molecule has 3 aromatic rings. The molecule has 1 nitrogen and oxygen atoms in total. The third-order valence-corrected chi connectivity index (χ3v) is 3.91. The summed E-state index contributed by atoms with van der Waals surface area (Å²) in [7, 11) is 0. The van der Waals surface area contributed by atoms with Crippen LogP contribution in [0, 0.1) is 0 Å². The highest BCUT2D eigenvalue weighted by Crippen LogP contribution is 2.33. The summed E-state index contributed by atoms with van der Waals surface area (Å²) in [6.07, 6.45) is -0.485. The van der Waals surface area contributed by atoms with E-state index in [2.05, 4.69) is 46.3 Å². The molecule has 3 rings (SSSR count). The minimum absolute atomic E-state index is 0.485. The van der Waals surface area contributed by atoms with Crippen LogP contribution in [-0.2, 0) is 0 Å². The third-order valence-electron chi connectivity index (χ3n) is 3.29. The molecule has 0 aliphatic rings. The summed E-state index contributed by atoms with van der Waals surface area (Å²) in [6.45, 7) is 0. The Morgan fingerprint density at radius 1 is 0.889 bits per heavy atom. The standard InChI is InChI=1S/C16H13BrO/c17-10-15(18)16-13-7-3-1-5-11(13)9-12-6-2-4-8-14(12)16/h1-9,15,18H,10H2. The van der Waals surface area contributed by atoms with Gasteiger partial charge in [-0.05, 0) is 33.2 Å². The number of fused-ring (bicyclic) bond motifs is 2. The fraction of sp³-hybridized carbons (Fsp3) is 0.125. The quantitative estimate of drug-likeness (QED) is 0.548. The fourth-order valence-electron chi connectivity index (χ4n) is 2.49. The molecule has 0 heterocycles. The largest absolute Gasteiger partial charge is 0.387 e. The van der Waals surface area contributed by atoms with Crippen molar-refractivity contribution in [2.24, 2.45) is 0 Å². The van der Waals surface area contributed by atoms with Crippen molar-refractivity contribution in [2.75, 3.05) is 5.33 Å². The Morgan fingerprint density at radius 3 is 1.89 bits per heavy atom. The van der Waals surface area contributed by atoms with Crippen LogP contribution in [-0.4, -0.2) is 10.4 Å². The van der Waals surface area contributed by atoms with Crippen LogP contribution < -0.4 is 0 Å². The summed E-state index contributed by atoms with van der Waals surface area (Å²) < 4.78 is 0. The van der Waals surface area contributed by atoms with Gasteiger partial charge in [0.2, 0.25) is 0 Å². The molecule has 0 fully saturated rings. The van der Waals surface area contributed by atoms with Gasteiger partial charge in [0.25, 0.3) is 0 Å². The number of aliphatic hydroxyl groups excluding tert-OH is 1. The second kappa shape index (κ2) is 4.71. The molecular formula is C16H13BrO. The summed E-state index contributed by atoms with van der Waals surface area (Å²) in [5.41, 5.74) is 1.01. The molecular weight excluding hydrogens is 288 g/mol. The van der Waals surface area contributed by atoms with Crippen LogP contribution in [0.15, 0.2) is 54.6 Å². The zero-order valence-electron chi connectivity index (χ0n) is 9.81. The molecule has 1 atom stereocenters. The van der Waals surface area contributed by atoms with E-state index < -0.39 is 6.10 Å². The van der Waals surface area contributed by atoms with E-state index in [0.717, 1.165) is 16.3 Å². The van der Waals surface area contributed by atoms with Crippen LogP contribution in [0.4, 0.5) is 0 Å². The van der Waals surface area contributed by atoms with E-state index in [1.165, 1.54) is 10.8 Å². The van der Waals surface area contributed by atoms with E-state index in [1.54, 1.807) is 0 Å². The van der Waals surface area contributed by atoms with Crippen molar-refractivity contribution >= 4 is 37.5 Å². The van der Waals surface area contributed by atoms with E-state index in [0.29, 0.717) is 5.33 Å². The predicted octanol–water partition coefficient (Wildman–Crippen LogP) is 4.42. The van der Waals surface area contributed by atoms with Crippen molar-refractivity contribution in [1.29, 1.82) is 0 Å². The van der Waals surface area contributed by atoms with E-state index >= 15 is 0 Å². The normalized spacial score (nSPS) is 13.0. The Morgan fingerprint density at radius 2 is 1.39 bits per heavy atom. The molecule has 0 aromatic heterocycles. The van der Waals surface area contributed by atoms with Gasteiger partial charge in [-0.25, -0.2) is 0 Å². The predicted molar refractivity (Wildman–Crippen MR) is 80.2 cm³/mol. The monoisotopic (exact) mass is 300 g/mol. The molecule has 0 aliphatic heterocycles. The number of rotatable bonds is 2. The Hall–Kier alpha value is -1.38. The first kappa shape index (κ1) is 11.7. The first-order valence-electron chi connectivity index (χ1n) is 5.95. The lowest BCUT2D eigenvalue weighted by atomic mass is 9.94. The van der Waals surface area contributed by atoms with Crippen LogP contribution in [0.2, 0.25) is 0 Å². The lowest BCUT2D eigenvalue weighted by Gasteiger charge is -2.15. The third kappa shape index (κ3) is 1.82. The Bertz CT molecular complexity index is 652. The molecule has 2 heteroatoms. The molecule has 0 amide bonds. The Labute approximate surface area is 114 Å². The van der Waals surface area contributed by atoms with E-state index in [9.17, 15) is 5.11 Å². The highest BCUT2D eigenvalue weighted by molar-refractivity contribution is 9.09. The van der Waals surface area contributed by atoms with Gasteiger partial charge in [0, 0.05) is 5.33 Å². The summed E-state index contributed by atoms with van der Waals surface area (Å²) in [4.78, 5) is 0. The molecule has 0 bridgehead atoms. The van der Waals surface area contributed by atoms with E-state index in [4.69, 9.17) is 0 Å². The lowest BCUT2D eigenvalue weighted by Crippen LogP contribution is -2.00. The Balaban J connectivity index is 2.49. The van der Waals surface area contributed by atoms with Crippen molar-refractivity contribution in [1.82, 2.24) is 0 Å². The molecule has 0 aliphatic carbocycles. The first-order chi connectivity index (χ1) is 8.81. The van der Waals surface area contributed by atoms with E-state index in [1.807, 2.05) is 24.3 Å². The van der Waals surface area contributed by atoms with Gasteiger partial charge >= 0.3 is 0 Å². The molecule has 90 valence electrons. The molecule has 0 saturated carbocycles. The molecule has 3 aromatic carbocycles. The maximum atomic E-state index is 10.3. The summed E-state index contributed by atoms with van der Waals surface area (Å²) >= 11 is 3.37. The van der Waals surface area contributed by atoms with E-state index in [-0.39, 0.29) is 0 Å². The minimum Gasteiger partial charge on any atom is -0.387 e. The molecule has 0 radical (unpaired) electrons. The molecule has 0 spiro atoms. The van der Waals surface area contributed by atoms with Gasteiger partial charge in [0.15, 0.2) is 0 Å². The summed E-state index contributed by atoms with van der Waals surface area (Å²) in [6, 6.07) is 18.6. The van der Waals surface area contributed by atoms with Crippen molar-refractivity contribution in [3.8, 4) is 0 Å². The maximum absolute atomic E-state index is 10.3.